The van der Waals surface area contributed by atoms with Crippen molar-refractivity contribution in [3.63, 3.8) is 0 Å². The van der Waals surface area contributed by atoms with Crippen LogP contribution in [0.2, 0.25) is 0 Å². The molecular formula is C7H13ClN2O4S. The van der Waals surface area contributed by atoms with E-state index in [0.29, 0.717) is 0 Å². The molecule has 0 amide bonds. The second-order valence-electron chi connectivity index (χ2n) is 2.60. The summed E-state index contributed by atoms with van der Waals surface area (Å²) >= 11 is 8.95. The Kier molecular flexibility index (Phi) is 7.49. The summed E-state index contributed by atoms with van der Waals surface area (Å²) in [7, 11) is 0. The Hall–Kier alpha value is -0.500. The zero-order valence-electron chi connectivity index (χ0n) is 7.89. The van der Waals surface area contributed by atoms with Gasteiger partial charge < -0.3 is 20.9 Å². The van der Waals surface area contributed by atoms with E-state index in [-0.39, 0.29) is 18.4 Å². The van der Waals surface area contributed by atoms with Crippen LogP contribution in [-0.2, 0) is 19.1 Å². The molecule has 0 aliphatic rings. The summed E-state index contributed by atoms with van der Waals surface area (Å²) < 4.78 is 9.03. The zero-order chi connectivity index (χ0) is 11.8. The van der Waals surface area contributed by atoms with Crippen LogP contribution in [0.15, 0.2) is 0 Å². The molecule has 0 radical (unpaired) electrons. The van der Waals surface area contributed by atoms with E-state index in [9.17, 15) is 9.59 Å². The standard InChI is InChI=1S/C7H13ClN2O4S/c8-3-14-6(11)4(9)1-13-7(12)5(10)2-15/h4-5,15H,1-3,9-10H2/t4-,5-/m0/s1. The van der Waals surface area contributed by atoms with Crippen LogP contribution in [0.3, 0.4) is 0 Å². The van der Waals surface area contributed by atoms with Gasteiger partial charge in [-0.25, -0.2) is 0 Å². The lowest BCUT2D eigenvalue weighted by Crippen LogP contribution is -2.41. The molecule has 2 atom stereocenters. The Labute approximate surface area is 97.6 Å². The number of carbonyl (C=O) groups is 2. The highest BCUT2D eigenvalue weighted by atomic mass is 35.5. The number of hydrogen-bond donors (Lipinski definition) is 3. The lowest BCUT2D eigenvalue weighted by molar-refractivity contribution is -0.150. The molecule has 0 bridgehead atoms. The SMILES string of the molecule is N[C@@H](CS)C(=O)OC[C@H](N)C(=O)OCCl. The smallest absolute Gasteiger partial charge is 0.327 e. The minimum absolute atomic E-state index is 0.153. The molecule has 6 nitrogen and oxygen atoms in total. The molecule has 88 valence electrons. The van der Waals surface area contributed by atoms with Gasteiger partial charge in [0, 0.05) is 5.75 Å². The second kappa shape index (κ2) is 7.75. The number of carbonyl (C=O) groups excluding carboxylic acids is 2. The Bertz CT molecular complexity index is 229. The third-order valence-electron chi connectivity index (χ3n) is 1.40. The molecule has 0 aromatic heterocycles. The van der Waals surface area contributed by atoms with Gasteiger partial charge in [-0.05, 0) is 0 Å². The molecule has 0 aliphatic heterocycles. The van der Waals surface area contributed by atoms with Crippen molar-refractivity contribution in [3.8, 4) is 0 Å². The number of alkyl halides is 1. The van der Waals surface area contributed by atoms with Gasteiger partial charge in [0.25, 0.3) is 0 Å². The maximum absolute atomic E-state index is 11.0. The summed E-state index contributed by atoms with van der Waals surface area (Å²) in [6, 6.07) is -2.18. The molecule has 8 heteroatoms. The molecule has 0 fully saturated rings. The minimum Gasteiger partial charge on any atom is -0.462 e. The number of esters is 2. The quantitative estimate of drug-likeness (QED) is 0.315. The predicted molar refractivity (Wildman–Crippen MR) is 57.6 cm³/mol. The number of thiol groups is 1. The minimum atomic E-state index is -1.06. The van der Waals surface area contributed by atoms with E-state index in [2.05, 4.69) is 22.1 Å². The molecule has 0 aromatic carbocycles. The molecule has 4 N–H and O–H groups in total. The summed E-state index contributed by atoms with van der Waals surface area (Å²) in [5.41, 5.74) is 10.6. The van der Waals surface area contributed by atoms with Crippen molar-refractivity contribution in [2.45, 2.75) is 12.1 Å². The monoisotopic (exact) mass is 256 g/mol. The maximum Gasteiger partial charge on any atom is 0.327 e. The Morgan fingerprint density at radius 3 is 2.20 bits per heavy atom. The average Bonchev–Trinajstić information content (AvgIpc) is 2.24. The first-order valence-corrected chi connectivity index (χ1v) is 5.20. The van der Waals surface area contributed by atoms with E-state index < -0.39 is 24.0 Å². The topological polar surface area (TPSA) is 105 Å². The van der Waals surface area contributed by atoms with E-state index in [0.717, 1.165) is 0 Å². The molecule has 0 unspecified atom stereocenters. The molecule has 0 spiro atoms. The predicted octanol–water partition coefficient (Wildman–Crippen LogP) is -1.15. The highest BCUT2D eigenvalue weighted by molar-refractivity contribution is 7.80. The number of ether oxygens (including phenoxy) is 2. The van der Waals surface area contributed by atoms with Gasteiger partial charge in [0.15, 0.2) is 6.07 Å². The molecule has 0 aromatic rings. The van der Waals surface area contributed by atoms with Gasteiger partial charge in [-0.2, -0.15) is 12.6 Å². The van der Waals surface area contributed by atoms with Crippen molar-refractivity contribution >= 4 is 36.2 Å². The normalized spacial score (nSPS) is 14.1. The van der Waals surface area contributed by atoms with Crippen LogP contribution in [0.4, 0.5) is 0 Å². The van der Waals surface area contributed by atoms with Crippen molar-refractivity contribution in [2.75, 3.05) is 18.4 Å². The van der Waals surface area contributed by atoms with Gasteiger partial charge in [-0.15, -0.1) is 0 Å². The Morgan fingerprint density at radius 2 is 1.73 bits per heavy atom. The summed E-state index contributed by atoms with van der Waals surface area (Å²) in [5.74, 6) is -1.25. The summed E-state index contributed by atoms with van der Waals surface area (Å²) in [4.78, 5) is 22.0. The van der Waals surface area contributed by atoms with Gasteiger partial charge in [-0.3, -0.25) is 9.59 Å². The Balaban J connectivity index is 3.84. The van der Waals surface area contributed by atoms with E-state index >= 15 is 0 Å². The van der Waals surface area contributed by atoms with Crippen LogP contribution < -0.4 is 11.5 Å². The molecule has 0 aliphatic carbocycles. The molecule has 0 heterocycles. The third kappa shape index (κ3) is 5.83. The summed E-state index contributed by atoms with van der Waals surface area (Å²) in [5, 5.41) is 0. The fourth-order valence-corrected chi connectivity index (χ4v) is 0.839. The maximum atomic E-state index is 11.0. The van der Waals surface area contributed by atoms with Crippen LogP contribution in [0.25, 0.3) is 0 Å². The van der Waals surface area contributed by atoms with E-state index in [1.165, 1.54) is 0 Å². The number of nitrogens with two attached hydrogens (primary N) is 2. The molecule has 0 saturated heterocycles. The van der Waals surface area contributed by atoms with Crippen LogP contribution in [-0.4, -0.2) is 42.4 Å². The highest BCUT2D eigenvalue weighted by Crippen LogP contribution is 1.93. The highest BCUT2D eigenvalue weighted by Gasteiger charge is 2.19. The van der Waals surface area contributed by atoms with Crippen LogP contribution in [0, 0.1) is 0 Å². The Morgan fingerprint density at radius 1 is 1.20 bits per heavy atom. The van der Waals surface area contributed by atoms with Gasteiger partial charge >= 0.3 is 11.9 Å². The summed E-state index contributed by atoms with van der Waals surface area (Å²) in [6.07, 6.45) is 0. The van der Waals surface area contributed by atoms with Crippen molar-refractivity contribution < 1.29 is 19.1 Å². The van der Waals surface area contributed by atoms with Gasteiger partial charge in [0.05, 0.1) is 0 Å². The first-order chi connectivity index (χ1) is 7.02. The average molecular weight is 257 g/mol. The van der Waals surface area contributed by atoms with Gasteiger partial charge in [-0.1, -0.05) is 11.6 Å². The zero-order valence-corrected chi connectivity index (χ0v) is 9.54. The molecule has 15 heavy (non-hydrogen) atoms. The van der Waals surface area contributed by atoms with Crippen LogP contribution in [0.1, 0.15) is 0 Å². The molecule has 0 rings (SSSR count). The third-order valence-corrected chi connectivity index (χ3v) is 1.91. The second-order valence-corrected chi connectivity index (χ2v) is 3.18. The largest absolute Gasteiger partial charge is 0.462 e. The fraction of sp³-hybridized carbons (Fsp3) is 0.714. The molecular weight excluding hydrogens is 244 g/mol. The van der Waals surface area contributed by atoms with Crippen LogP contribution in [0.5, 0.6) is 0 Å². The molecule has 0 saturated carbocycles. The van der Waals surface area contributed by atoms with Gasteiger partial charge in [0.2, 0.25) is 0 Å². The van der Waals surface area contributed by atoms with E-state index in [4.69, 9.17) is 23.1 Å². The van der Waals surface area contributed by atoms with Gasteiger partial charge in [0.1, 0.15) is 18.7 Å². The van der Waals surface area contributed by atoms with E-state index in [1.54, 1.807) is 0 Å². The first kappa shape index (κ1) is 14.5. The number of halogens is 1. The summed E-state index contributed by atoms with van der Waals surface area (Å²) in [6.45, 7) is -0.296. The van der Waals surface area contributed by atoms with Crippen LogP contribution >= 0.6 is 24.2 Å². The van der Waals surface area contributed by atoms with E-state index in [1.807, 2.05) is 0 Å². The lowest BCUT2D eigenvalue weighted by Gasteiger charge is -2.12. The van der Waals surface area contributed by atoms with Crippen molar-refractivity contribution in [1.82, 2.24) is 0 Å². The number of hydrogen-bond acceptors (Lipinski definition) is 7. The number of rotatable bonds is 6. The van der Waals surface area contributed by atoms with Crippen molar-refractivity contribution in [3.05, 3.63) is 0 Å². The van der Waals surface area contributed by atoms with Crippen molar-refractivity contribution in [2.24, 2.45) is 11.5 Å². The fourth-order valence-electron chi connectivity index (χ4n) is 0.582. The van der Waals surface area contributed by atoms with Crippen molar-refractivity contribution in [1.29, 1.82) is 0 Å². The first-order valence-electron chi connectivity index (χ1n) is 4.04. The lowest BCUT2D eigenvalue weighted by atomic mass is 10.3.